The maximum absolute atomic E-state index is 12.7. The predicted molar refractivity (Wildman–Crippen MR) is 112 cm³/mol. The van der Waals surface area contributed by atoms with E-state index in [-0.39, 0.29) is 11.8 Å². The summed E-state index contributed by atoms with van der Waals surface area (Å²) in [5, 5.41) is 13.8. The van der Waals surface area contributed by atoms with Crippen molar-refractivity contribution in [3.63, 3.8) is 0 Å². The molecule has 1 saturated heterocycles. The quantitative estimate of drug-likeness (QED) is 0.707. The number of methoxy groups -OCH3 is 1. The van der Waals surface area contributed by atoms with Crippen molar-refractivity contribution in [3.8, 4) is 16.3 Å². The summed E-state index contributed by atoms with van der Waals surface area (Å²) in [5.41, 5.74) is 1.66. The number of carbonyl (C=O) groups is 1. The van der Waals surface area contributed by atoms with Crippen molar-refractivity contribution < 1.29 is 9.53 Å². The highest BCUT2D eigenvalue weighted by Crippen LogP contribution is 2.26. The summed E-state index contributed by atoms with van der Waals surface area (Å²) >= 11 is 1.65. The van der Waals surface area contributed by atoms with Crippen LogP contribution in [-0.4, -0.2) is 36.3 Å². The Hall–Kier alpha value is -2.93. The number of rotatable bonds is 5. The third-order valence-corrected chi connectivity index (χ3v) is 5.79. The zero-order valence-corrected chi connectivity index (χ0v) is 16.5. The van der Waals surface area contributed by atoms with Crippen LogP contribution < -0.4 is 15.0 Å². The lowest BCUT2D eigenvalue weighted by Crippen LogP contribution is -2.41. The number of ether oxygens (including phenoxy) is 1. The number of carbonyl (C=O) groups excluding carboxylic acids is 1. The highest BCUT2D eigenvalue weighted by Gasteiger charge is 2.27. The minimum Gasteiger partial charge on any atom is -0.497 e. The van der Waals surface area contributed by atoms with E-state index in [9.17, 15) is 4.79 Å². The lowest BCUT2D eigenvalue weighted by atomic mass is 9.97. The van der Waals surface area contributed by atoms with Gasteiger partial charge in [-0.2, -0.15) is 0 Å². The molecule has 6 nitrogen and oxygen atoms in total. The zero-order valence-electron chi connectivity index (χ0n) is 15.7. The lowest BCUT2D eigenvalue weighted by Gasteiger charge is -2.32. The number of hydrogen-bond donors (Lipinski definition) is 1. The van der Waals surface area contributed by atoms with E-state index >= 15 is 0 Å². The highest BCUT2D eigenvalue weighted by molar-refractivity contribution is 7.13. The first-order chi connectivity index (χ1) is 13.7. The van der Waals surface area contributed by atoms with Crippen molar-refractivity contribution in [1.82, 2.24) is 10.2 Å². The number of thiophene rings is 1. The van der Waals surface area contributed by atoms with Gasteiger partial charge in [0.15, 0.2) is 5.82 Å². The van der Waals surface area contributed by atoms with Crippen molar-refractivity contribution in [2.45, 2.75) is 12.8 Å². The molecular formula is C21H22N4O2S. The van der Waals surface area contributed by atoms with Crippen LogP contribution in [0.1, 0.15) is 12.8 Å². The van der Waals surface area contributed by atoms with Gasteiger partial charge < -0.3 is 15.0 Å². The molecule has 1 N–H and O–H groups in total. The van der Waals surface area contributed by atoms with Crippen LogP contribution in [0.5, 0.6) is 5.75 Å². The molecule has 1 unspecified atom stereocenters. The number of piperidine rings is 1. The molecule has 4 rings (SSSR count). The van der Waals surface area contributed by atoms with E-state index in [2.05, 4.69) is 20.4 Å². The second-order valence-electron chi connectivity index (χ2n) is 6.76. The molecule has 3 heterocycles. The fourth-order valence-electron chi connectivity index (χ4n) is 3.37. The van der Waals surface area contributed by atoms with Gasteiger partial charge in [-0.25, -0.2) is 0 Å². The molecule has 1 amide bonds. The molecule has 0 aliphatic carbocycles. The first-order valence-corrected chi connectivity index (χ1v) is 10.2. The summed E-state index contributed by atoms with van der Waals surface area (Å²) < 4.78 is 5.15. The molecule has 1 fully saturated rings. The molecule has 28 heavy (non-hydrogen) atoms. The van der Waals surface area contributed by atoms with Gasteiger partial charge in [0.25, 0.3) is 0 Å². The van der Waals surface area contributed by atoms with Gasteiger partial charge in [0, 0.05) is 18.8 Å². The Kier molecular flexibility index (Phi) is 5.53. The van der Waals surface area contributed by atoms with Crippen LogP contribution in [0.4, 0.5) is 11.5 Å². The van der Waals surface area contributed by atoms with Crippen LogP contribution in [0.2, 0.25) is 0 Å². The van der Waals surface area contributed by atoms with Gasteiger partial charge in [-0.05, 0) is 60.7 Å². The molecule has 0 radical (unpaired) electrons. The number of anilines is 2. The van der Waals surface area contributed by atoms with Crippen molar-refractivity contribution in [2.24, 2.45) is 5.92 Å². The first-order valence-electron chi connectivity index (χ1n) is 9.30. The van der Waals surface area contributed by atoms with Crippen molar-refractivity contribution in [2.75, 3.05) is 30.4 Å². The van der Waals surface area contributed by atoms with Gasteiger partial charge in [-0.15, -0.1) is 21.5 Å². The highest BCUT2D eigenvalue weighted by atomic mass is 32.1. The van der Waals surface area contributed by atoms with E-state index in [1.807, 2.05) is 53.9 Å². The van der Waals surface area contributed by atoms with Gasteiger partial charge in [-0.1, -0.05) is 6.07 Å². The number of amides is 1. The average Bonchev–Trinajstić information content (AvgIpc) is 3.29. The van der Waals surface area contributed by atoms with Gasteiger partial charge in [0.1, 0.15) is 11.4 Å². The molecular weight excluding hydrogens is 372 g/mol. The Morgan fingerprint density at radius 3 is 2.71 bits per heavy atom. The predicted octanol–water partition coefficient (Wildman–Crippen LogP) is 4.07. The molecule has 0 spiro atoms. The normalized spacial score (nSPS) is 16.6. The van der Waals surface area contributed by atoms with Crippen molar-refractivity contribution in [3.05, 3.63) is 53.9 Å². The number of nitrogens with one attached hydrogen (secondary N) is 1. The van der Waals surface area contributed by atoms with Crippen LogP contribution in [0.25, 0.3) is 10.6 Å². The molecule has 144 valence electrons. The lowest BCUT2D eigenvalue weighted by molar-refractivity contribution is -0.120. The molecule has 1 aromatic carbocycles. The molecule has 7 heteroatoms. The minimum atomic E-state index is -0.0744. The van der Waals surface area contributed by atoms with Crippen LogP contribution >= 0.6 is 11.3 Å². The first kappa shape index (κ1) is 18.4. The minimum absolute atomic E-state index is 0.0398. The Morgan fingerprint density at radius 2 is 2.04 bits per heavy atom. The molecule has 3 aromatic rings. The second-order valence-corrected chi connectivity index (χ2v) is 7.70. The van der Waals surface area contributed by atoms with E-state index in [1.54, 1.807) is 18.4 Å². The van der Waals surface area contributed by atoms with Gasteiger partial charge >= 0.3 is 0 Å². The van der Waals surface area contributed by atoms with E-state index < -0.39 is 0 Å². The second kappa shape index (κ2) is 8.39. The van der Waals surface area contributed by atoms with Crippen molar-refractivity contribution in [1.29, 1.82) is 0 Å². The Balaban J connectivity index is 1.40. The van der Waals surface area contributed by atoms with Crippen molar-refractivity contribution >= 4 is 28.7 Å². The SMILES string of the molecule is COc1ccc(NC(=O)C2CCCN(c3ccc(-c4cccs4)nn3)C2)cc1. The summed E-state index contributed by atoms with van der Waals surface area (Å²) in [7, 11) is 1.63. The summed E-state index contributed by atoms with van der Waals surface area (Å²) in [5.74, 6) is 1.56. The topological polar surface area (TPSA) is 67.3 Å². The fraction of sp³-hybridized carbons (Fsp3) is 0.286. The Morgan fingerprint density at radius 1 is 1.18 bits per heavy atom. The summed E-state index contributed by atoms with van der Waals surface area (Å²) in [6, 6.07) is 15.4. The third kappa shape index (κ3) is 4.14. The number of aromatic nitrogens is 2. The smallest absolute Gasteiger partial charge is 0.229 e. The monoisotopic (exact) mass is 394 g/mol. The molecule has 1 aliphatic heterocycles. The summed E-state index contributed by atoms with van der Waals surface area (Å²) in [6.07, 6.45) is 1.83. The van der Waals surface area contributed by atoms with Crippen LogP contribution in [0.3, 0.4) is 0 Å². The molecule has 1 aliphatic rings. The maximum atomic E-state index is 12.7. The Labute approximate surface area is 168 Å². The number of benzene rings is 1. The summed E-state index contributed by atoms with van der Waals surface area (Å²) in [6.45, 7) is 1.54. The molecule has 0 saturated carbocycles. The largest absolute Gasteiger partial charge is 0.497 e. The van der Waals surface area contributed by atoms with Crippen LogP contribution in [-0.2, 0) is 4.79 Å². The number of nitrogens with zero attached hydrogens (tertiary/aromatic N) is 3. The average molecular weight is 395 g/mol. The molecule has 1 atom stereocenters. The Bertz CT molecular complexity index is 911. The van der Waals surface area contributed by atoms with Gasteiger partial charge in [0.2, 0.25) is 5.91 Å². The van der Waals surface area contributed by atoms with Crippen LogP contribution in [0, 0.1) is 5.92 Å². The molecule has 2 aromatic heterocycles. The van der Waals surface area contributed by atoms with Crippen LogP contribution in [0.15, 0.2) is 53.9 Å². The van der Waals surface area contributed by atoms with E-state index in [0.29, 0.717) is 6.54 Å². The maximum Gasteiger partial charge on any atom is 0.229 e. The number of hydrogen-bond acceptors (Lipinski definition) is 6. The standard InChI is InChI=1S/C21H22N4O2S/c1-27-17-8-6-16(7-9-17)22-21(26)15-4-2-12-25(14-15)20-11-10-18(23-24-20)19-5-3-13-28-19/h3,5-11,13,15H,2,4,12,14H2,1H3,(H,22,26). The fourth-order valence-corrected chi connectivity index (χ4v) is 4.06. The molecule has 0 bridgehead atoms. The third-order valence-electron chi connectivity index (χ3n) is 4.90. The van der Waals surface area contributed by atoms with E-state index in [4.69, 9.17) is 4.74 Å². The van der Waals surface area contributed by atoms with E-state index in [0.717, 1.165) is 47.2 Å². The zero-order chi connectivity index (χ0) is 19.3. The summed E-state index contributed by atoms with van der Waals surface area (Å²) in [4.78, 5) is 16.0. The van der Waals surface area contributed by atoms with E-state index in [1.165, 1.54) is 0 Å². The van der Waals surface area contributed by atoms with Gasteiger partial charge in [0.05, 0.1) is 17.9 Å². The van der Waals surface area contributed by atoms with Gasteiger partial charge in [-0.3, -0.25) is 4.79 Å².